The van der Waals surface area contributed by atoms with E-state index >= 15 is 0 Å². The SMILES string of the molecule is Cc1ccc(C(=O)Nc2nc(C(C)C)cs2)c(Br)c1. The standard InChI is InChI=1S/C14H15BrN2OS/c1-8(2)12-7-19-14(16-12)17-13(18)10-5-4-9(3)6-11(10)15/h4-8H,1-3H3,(H,16,17,18). The fourth-order valence-electron chi connectivity index (χ4n) is 1.58. The highest BCUT2D eigenvalue weighted by Gasteiger charge is 2.13. The van der Waals surface area contributed by atoms with Crippen molar-refractivity contribution in [3.05, 3.63) is 44.9 Å². The first-order chi connectivity index (χ1) is 8.97. The minimum absolute atomic E-state index is 0.142. The van der Waals surface area contributed by atoms with Crippen LogP contribution < -0.4 is 5.32 Å². The van der Waals surface area contributed by atoms with Crippen LogP contribution in [0.25, 0.3) is 0 Å². The fraction of sp³-hybridized carbons (Fsp3) is 0.286. The van der Waals surface area contributed by atoms with Crippen molar-refractivity contribution in [2.75, 3.05) is 5.32 Å². The van der Waals surface area contributed by atoms with Gasteiger partial charge in [0.1, 0.15) is 0 Å². The van der Waals surface area contributed by atoms with Crippen molar-refractivity contribution in [3.8, 4) is 0 Å². The van der Waals surface area contributed by atoms with Crippen molar-refractivity contribution in [2.24, 2.45) is 0 Å². The van der Waals surface area contributed by atoms with Gasteiger partial charge < -0.3 is 0 Å². The fourth-order valence-corrected chi connectivity index (χ4v) is 3.12. The van der Waals surface area contributed by atoms with Gasteiger partial charge in [-0.15, -0.1) is 11.3 Å². The maximum absolute atomic E-state index is 12.2. The highest BCUT2D eigenvalue weighted by Crippen LogP contribution is 2.24. The molecule has 0 unspecified atom stereocenters. The summed E-state index contributed by atoms with van der Waals surface area (Å²) in [4.78, 5) is 16.5. The maximum Gasteiger partial charge on any atom is 0.258 e. The summed E-state index contributed by atoms with van der Waals surface area (Å²) in [6, 6.07) is 5.66. The predicted octanol–water partition coefficient (Wildman–Crippen LogP) is 4.59. The van der Waals surface area contributed by atoms with E-state index in [-0.39, 0.29) is 5.91 Å². The molecule has 0 aliphatic carbocycles. The molecule has 0 aliphatic rings. The molecule has 1 aromatic heterocycles. The molecule has 0 radical (unpaired) electrons. The van der Waals surface area contributed by atoms with Crippen LogP contribution in [0.5, 0.6) is 0 Å². The van der Waals surface area contributed by atoms with Gasteiger partial charge in [0.15, 0.2) is 5.13 Å². The number of amides is 1. The van der Waals surface area contributed by atoms with E-state index in [1.165, 1.54) is 11.3 Å². The number of thiazole rings is 1. The average Bonchev–Trinajstić information content (AvgIpc) is 2.77. The lowest BCUT2D eigenvalue weighted by atomic mass is 10.1. The number of hydrogen-bond acceptors (Lipinski definition) is 3. The number of hydrogen-bond donors (Lipinski definition) is 1. The summed E-state index contributed by atoms with van der Waals surface area (Å²) >= 11 is 4.86. The number of carbonyl (C=O) groups excluding carboxylic acids is 1. The Morgan fingerprint density at radius 2 is 2.16 bits per heavy atom. The Balaban J connectivity index is 2.16. The van der Waals surface area contributed by atoms with E-state index in [9.17, 15) is 4.79 Å². The van der Waals surface area contributed by atoms with Crippen molar-refractivity contribution >= 4 is 38.3 Å². The van der Waals surface area contributed by atoms with Gasteiger partial charge in [0.25, 0.3) is 5.91 Å². The van der Waals surface area contributed by atoms with Crippen molar-refractivity contribution in [1.29, 1.82) is 0 Å². The third kappa shape index (κ3) is 3.42. The summed E-state index contributed by atoms with van der Waals surface area (Å²) in [5, 5.41) is 5.45. The first kappa shape index (κ1) is 14.2. The number of anilines is 1. The van der Waals surface area contributed by atoms with Gasteiger partial charge in [-0.2, -0.15) is 0 Å². The molecular weight excluding hydrogens is 324 g/mol. The average molecular weight is 339 g/mol. The molecular formula is C14H15BrN2OS. The predicted molar refractivity (Wildman–Crippen MR) is 83.0 cm³/mol. The molecule has 100 valence electrons. The van der Waals surface area contributed by atoms with E-state index in [1.54, 1.807) is 0 Å². The van der Waals surface area contributed by atoms with Gasteiger partial charge in [0.05, 0.1) is 11.3 Å². The number of nitrogens with one attached hydrogen (secondary N) is 1. The minimum atomic E-state index is -0.142. The highest BCUT2D eigenvalue weighted by atomic mass is 79.9. The van der Waals surface area contributed by atoms with E-state index in [0.717, 1.165) is 15.7 Å². The van der Waals surface area contributed by atoms with Crippen LogP contribution in [0.1, 0.15) is 41.4 Å². The molecule has 3 nitrogen and oxygen atoms in total. The van der Waals surface area contributed by atoms with Crippen LogP contribution in [-0.4, -0.2) is 10.9 Å². The van der Waals surface area contributed by atoms with E-state index in [2.05, 4.69) is 40.1 Å². The van der Waals surface area contributed by atoms with E-state index < -0.39 is 0 Å². The molecule has 0 fully saturated rings. The van der Waals surface area contributed by atoms with Crippen molar-refractivity contribution in [1.82, 2.24) is 4.98 Å². The van der Waals surface area contributed by atoms with Crippen molar-refractivity contribution in [3.63, 3.8) is 0 Å². The molecule has 0 saturated heterocycles. The Kier molecular flexibility index (Phi) is 4.37. The lowest BCUT2D eigenvalue weighted by Gasteiger charge is -2.05. The van der Waals surface area contributed by atoms with E-state index in [0.29, 0.717) is 16.6 Å². The van der Waals surface area contributed by atoms with Gasteiger partial charge in [0, 0.05) is 9.85 Å². The molecule has 19 heavy (non-hydrogen) atoms. The lowest BCUT2D eigenvalue weighted by molar-refractivity contribution is 0.102. The van der Waals surface area contributed by atoms with Gasteiger partial charge >= 0.3 is 0 Å². The van der Waals surface area contributed by atoms with Gasteiger partial charge in [0.2, 0.25) is 0 Å². The Morgan fingerprint density at radius 3 is 2.74 bits per heavy atom. The summed E-state index contributed by atoms with van der Waals surface area (Å²) in [6.45, 7) is 6.15. The van der Waals surface area contributed by atoms with Crippen LogP contribution in [0.15, 0.2) is 28.1 Å². The van der Waals surface area contributed by atoms with Crippen LogP contribution in [0.3, 0.4) is 0 Å². The molecule has 1 N–H and O–H groups in total. The molecule has 2 rings (SSSR count). The Bertz CT molecular complexity index is 607. The lowest BCUT2D eigenvalue weighted by Crippen LogP contribution is -2.12. The van der Waals surface area contributed by atoms with E-state index in [1.807, 2.05) is 30.5 Å². The maximum atomic E-state index is 12.2. The zero-order valence-electron chi connectivity index (χ0n) is 11.0. The molecule has 1 amide bonds. The molecule has 0 aliphatic heterocycles. The zero-order chi connectivity index (χ0) is 14.0. The second kappa shape index (κ2) is 5.84. The summed E-state index contributed by atoms with van der Waals surface area (Å²) in [5.74, 6) is 0.226. The molecule has 0 spiro atoms. The number of carbonyl (C=O) groups is 1. The zero-order valence-corrected chi connectivity index (χ0v) is 13.4. The normalized spacial score (nSPS) is 10.8. The van der Waals surface area contributed by atoms with Gasteiger partial charge in [-0.25, -0.2) is 4.98 Å². The van der Waals surface area contributed by atoms with E-state index in [4.69, 9.17) is 0 Å². The van der Waals surface area contributed by atoms with Gasteiger partial charge in [-0.05, 0) is 46.5 Å². The summed E-state index contributed by atoms with van der Waals surface area (Å²) < 4.78 is 0.797. The number of halogens is 1. The van der Waals surface area contributed by atoms with Crippen LogP contribution in [0.4, 0.5) is 5.13 Å². The molecule has 1 aromatic carbocycles. The smallest absolute Gasteiger partial charge is 0.258 e. The van der Waals surface area contributed by atoms with Gasteiger partial charge in [-0.3, -0.25) is 10.1 Å². The molecule has 2 aromatic rings. The molecule has 1 heterocycles. The third-order valence-electron chi connectivity index (χ3n) is 2.70. The quantitative estimate of drug-likeness (QED) is 0.889. The molecule has 0 saturated carbocycles. The van der Waals surface area contributed by atoms with Crippen LogP contribution >= 0.6 is 27.3 Å². The highest BCUT2D eigenvalue weighted by molar-refractivity contribution is 9.10. The minimum Gasteiger partial charge on any atom is -0.298 e. The first-order valence-corrected chi connectivity index (χ1v) is 7.67. The van der Waals surface area contributed by atoms with Crippen molar-refractivity contribution < 1.29 is 4.79 Å². The summed E-state index contributed by atoms with van der Waals surface area (Å²) in [7, 11) is 0. The first-order valence-electron chi connectivity index (χ1n) is 6.00. The van der Waals surface area contributed by atoms with Crippen LogP contribution in [-0.2, 0) is 0 Å². The summed E-state index contributed by atoms with van der Waals surface area (Å²) in [6.07, 6.45) is 0. The Hall–Kier alpha value is -1.20. The van der Waals surface area contributed by atoms with Crippen LogP contribution in [0.2, 0.25) is 0 Å². The Morgan fingerprint density at radius 1 is 1.42 bits per heavy atom. The monoisotopic (exact) mass is 338 g/mol. The number of rotatable bonds is 3. The second-order valence-electron chi connectivity index (χ2n) is 4.67. The third-order valence-corrected chi connectivity index (χ3v) is 4.14. The summed E-state index contributed by atoms with van der Waals surface area (Å²) in [5.41, 5.74) is 2.73. The topological polar surface area (TPSA) is 42.0 Å². The van der Waals surface area contributed by atoms with Crippen LogP contribution in [0, 0.1) is 6.92 Å². The Labute approximate surface area is 125 Å². The number of aryl methyl sites for hydroxylation is 1. The largest absolute Gasteiger partial charge is 0.298 e. The van der Waals surface area contributed by atoms with Crippen molar-refractivity contribution in [2.45, 2.75) is 26.7 Å². The molecule has 0 atom stereocenters. The number of benzene rings is 1. The van der Waals surface area contributed by atoms with Gasteiger partial charge in [-0.1, -0.05) is 19.9 Å². The second-order valence-corrected chi connectivity index (χ2v) is 6.38. The molecule has 5 heteroatoms. The number of nitrogens with zero attached hydrogens (tertiary/aromatic N) is 1. The number of aromatic nitrogens is 1. The molecule has 0 bridgehead atoms.